The predicted molar refractivity (Wildman–Crippen MR) is 124 cm³/mol. The van der Waals surface area contributed by atoms with Crippen molar-refractivity contribution in [3.8, 4) is 11.3 Å². The zero-order chi connectivity index (χ0) is 22.1. The lowest BCUT2D eigenvalue weighted by Crippen LogP contribution is -2.36. The van der Waals surface area contributed by atoms with Crippen molar-refractivity contribution in [2.45, 2.75) is 37.8 Å². The molecule has 3 aromatic rings. The molecule has 0 bridgehead atoms. The number of hydrogen-bond acceptors (Lipinski definition) is 5. The molecule has 2 aromatic carbocycles. The summed E-state index contributed by atoms with van der Waals surface area (Å²) in [7, 11) is 2.15. The van der Waals surface area contributed by atoms with Crippen LogP contribution in [-0.4, -0.2) is 53.0 Å². The highest BCUT2D eigenvalue weighted by Gasteiger charge is 2.23. The molecule has 2 aliphatic heterocycles. The van der Waals surface area contributed by atoms with Crippen LogP contribution >= 0.6 is 0 Å². The quantitative estimate of drug-likeness (QED) is 0.672. The second-order valence-electron chi connectivity index (χ2n) is 9.04. The van der Waals surface area contributed by atoms with Gasteiger partial charge in [0.15, 0.2) is 5.82 Å². The minimum atomic E-state index is -0.199. The molecule has 0 amide bonds. The summed E-state index contributed by atoms with van der Waals surface area (Å²) in [5.41, 5.74) is 5.67. The average Bonchev–Trinajstić information content (AvgIpc) is 2.98. The third-order valence-corrected chi connectivity index (χ3v) is 6.77. The molecule has 6 heteroatoms. The number of nitrogens with zero attached hydrogens (tertiary/aromatic N) is 4. The normalized spacial score (nSPS) is 20.1. The number of aliphatic hydroxyl groups is 1. The Morgan fingerprint density at radius 1 is 0.906 bits per heavy atom. The van der Waals surface area contributed by atoms with Crippen molar-refractivity contribution in [1.82, 2.24) is 15.1 Å². The summed E-state index contributed by atoms with van der Waals surface area (Å²) >= 11 is 0. The van der Waals surface area contributed by atoms with E-state index in [1.165, 1.54) is 11.1 Å². The number of rotatable bonds is 3. The zero-order valence-corrected chi connectivity index (χ0v) is 18.4. The second-order valence-corrected chi connectivity index (χ2v) is 9.04. The molecule has 32 heavy (non-hydrogen) atoms. The van der Waals surface area contributed by atoms with Gasteiger partial charge in [0, 0.05) is 31.1 Å². The van der Waals surface area contributed by atoms with E-state index in [0.717, 1.165) is 68.1 Å². The number of halogens is 1. The van der Waals surface area contributed by atoms with Gasteiger partial charge in [-0.05, 0) is 79.9 Å². The molecule has 0 saturated carbocycles. The van der Waals surface area contributed by atoms with Gasteiger partial charge >= 0.3 is 0 Å². The number of aliphatic hydroxyl groups excluding tert-OH is 1. The van der Waals surface area contributed by atoms with Crippen molar-refractivity contribution in [1.29, 1.82) is 0 Å². The molecule has 1 N–H and O–H groups in total. The lowest BCUT2D eigenvalue weighted by molar-refractivity contribution is 0.145. The maximum atomic E-state index is 13.5. The van der Waals surface area contributed by atoms with Crippen molar-refractivity contribution in [3.63, 3.8) is 0 Å². The maximum Gasteiger partial charge on any atom is 0.151 e. The lowest BCUT2D eigenvalue weighted by atomic mass is 9.86. The number of benzene rings is 2. The van der Waals surface area contributed by atoms with E-state index in [9.17, 15) is 9.50 Å². The van der Waals surface area contributed by atoms with Crippen molar-refractivity contribution in [3.05, 3.63) is 77.1 Å². The Bertz CT molecular complexity index is 1060. The molecule has 5 nitrogen and oxygen atoms in total. The van der Waals surface area contributed by atoms with Crippen LogP contribution in [0.5, 0.6) is 0 Å². The van der Waals surface area contributed by atoms with Crippen molar-refractivity contribution in [2.75, 3.05) is 31.6 Å². The summed E-state index contributed by atoms with van der Waals surface area (Å²) in [6.07, 6.45) is 2.36. The van der Waals surface area contributed by atoms with Gasteiger partial charge in [0.25, 0.3) is 0 Å². The highest BCUT2D eigenvalue weighted by molar-refractivity contribution is 5.62. The van der Waals surface area contributed by atoms with Gasteiger partial charge in [0.1, 0.15) is 5.82 Å². The first-order valence-corrected chi connectivity index (χ1v) is 11.4. The van der Waals surface area contributed by atoms with Gasteiger partial charge in [-0.25, -0.2) is 4.39 Å². The van der Waals surface area contributed by atoms with Crippen LogP contribution in [0.2, 0.25) is 0 Å². The molecule has 0 aliphatic carbocycles. The van der Waals surface area contributed by atoms with Gasteiger partial charge in [0.2, 0.25) is 0 Å². The van der Waals surface area contributed by atoms with Gasteiger partial charge in [-0.15, -0.1) is 10.2 Å². The predicted octanol–water partition coefficient (Wildman–Crippen LogP) is 4.21. The van der Waals surface area contributed by atoms with E-state index in [-0.39, 0.29) is 17.8 Å². The Kier molecular flexibility index (Phi) is 5.89. The summed E-state index contributed by atoms with van der Waals surface area (Å²) < 4.78 is 13.5. The molecule has 3 heterocycles. The van der Waals surface area contributed by atoms with Crippen LogP contribution in [0, 0.1) is 5.82 Å². The van der Waals surface area contributed by atoms with Gasteiger partial charge in [-0.1, -0.05) is 24.3 Å². The molecule has 1 saturated heterocycles. The van der Waals surface area contributed by atoms with Crippen LogP contribution in [0.1, 0.15) is 41.9 Å². The number of piperidine rings is 1. The van der Waals surface area contributed by atoms with E-state index < -0.39 is 0 Å². The van der Waals surface area contributed by atoms with Crippen LogP contribution in [0.25, 0.3) is 11.3 Å². The van der Waals surface area contributed by atoms with Gasteiger partial charge < -0.3 is 14.9 Å². The Labute approximate surface area is 188 Å². The number of anilines is 1. The second kappa shape index (κ2) is 8.96. The van der Waals surface area contributed by atoms with Gasteiger partial charge in [0.05, 0.1) is 11.8 Å². The summed E-state index contributed by atoms with van der Waals surface area (Å²) in [6.45, 7) is 3.49. The van der Waals surface area contributed by atoms with Crippen LogP contribution in [0.3, 0.4) is 0 Å². The Balaban J connectivity index is 1.42. The van der Waals surface area contributed by atoms with Crippen molar-refractivity contribution in [2.24, 2.45) is 0 Å². The molecule has 1 atom stereocenters. The van der Waals surface area contributed by atoms with E-state index in [1.54, 1.807) is 12.1 Å². The topological polar surface area (TPSA) is 52.5 Å². The molecular formula is C26H29FN4O. The Morgan fingerprint density at radius 3 is 2.41 bits per heavy atom. The summed E-state index contributed by atoms with van der Waals surface area (Å²) in [6, 6.07) is 17.6. The largest absolute Gasteiger partial charge is 0.393 e. The number of aromatic nitrogens is 2. The van der Waals surface area contributed by atoms with Crippen molar-refractivity contribution >= 4 is 5.82 Å². The van der Waals surface area contributed by atoms with E-state index in [0.29, 0.717) is 0 Å². The summed E-state index contributed by atoms with van der Waals surface area (Å²) in [5, 5.41) is 18.7. The fourth-order valence-corrected chi connectivity index (χ4v) is 4.90. The standard InChI is InChI=1S/C26H29FN4O/c1-30-13-12-24(18-2-5-21(27)6-3-18)23-7-4-19(16-20(23)17-30)25-8-9-26(29-28-25)31-14-10-22(32)11-15-31/h2-9,16,22,24,32H,10-15,17H2,1H3. The van der Waals surface area contributed by atoms with E-state index in [4.69, 9.17) is 0 Å². The van der Waals surface area contributed by atoms with E-state index in [2.05, 4.69) is 45.2 Å². The lowest BCUT2D eigenvalue weighted by Gasteiger charge is -2.30. The van der Waals surface area contributed by atoms with Crippen LogP contribution in [0.15, 0.2) is 54.6 Å². The number of hydrogen-bond donors (Lipinski definition) is 1. The molecule has 2 aliphatic rings. The molecule has 1 fully saturated rings. The SMILES string of the molecule is CN1CCC(c2ccc(F)cc2)c2ccc(-c3ccc(N4CCC(O)CC4)nn3)cc2C1. The first kappa shape index (κ1) is 21.0. The maximum absolute atomic E-state index is 13.5. The fraction of sp³-hybridized carbons (Fsp3) is 0.385. The molecule has 1 unspecified atom stereocenters. The molecule has 0 radical (unpaired) electrons. The smallest absolute Gasteiger partial charge is 0.151 e. The third kappa shape index (κ3) is 4.38. The first-order valence-electron chi connectivity index (χ1n) is 11.4. The molecule has 166 valence electrons. The molecule has 5 rings (SSSR count). The fourth-order valence-electron chi connectivity index (χ4n) is 4.90. The highest BCUT2D eigenvalue weighted by atomic mass is 19.1. The first-order chi connectivity index (χ1) is 15.6. The average molecular weight is 433 g/mol. The minimum absolute atomic E-state index is 0.196. The zero-order valence-electron chi connectivity index (χ0n) is 18.4. The van der Waals surface area contributed by atoms with Crippen LogP contribution in [0.4, 0.5) is 10.2 Å². The number of fused-ring (bicyclic) bond motifs is 1. The molecule has 1 aromatic heterocycles. The minimum Gasteiger partial charge on any atom is -0.393 e. The Hall–Kier alpha value is -2.83. The van der Waals surface area contributed by atoms with E-state index in [1.807, 2.05) is 24.3 Å². The Morgan fingerprint density at radius 2 is 1.69 bits per heavy atom. The summed E-state index contributed by atoms with van der Waals surface area (Å²) in [4.78, 5) is 4.52. The highest BCUT2D eigenvalue weighted by Crippen LogP contribution is 2.35. The molecular weight excluding hydrogens is 403 g/mol. The van der Waals surface area contributed by atoms with Gasteiger partial charge in [-0.3, -0.25) is 0 Å². The summed E-state index contributed by atoms with van der Waals surface area (Å²) in [5.74, 6) is 0.928. The van der Waals surface area contributed by atoms with Gasteiger partial charge in [-0.2, -0.15) is 0 Å². The van der Waals surface area contributed by atoms with Crippen LogP contribution < -0.4 is 4.90 Å². The van der Waals surface area contributed by atoms with E-state index >= 15 is 0 Å². The monoisotopic (exact) mass is 432 g/mol. The molecule has 0 spiro atoms. The van der Waals surface area contributed by atoms with Crippen molar-refractivity contribution < 1.29 is 9.50 Å². The third-order valence-electron chi connectivity index (χ3n) is 6.77. The van der Waals surface area contributed by atoms with Crippen LogP contribution in [-0.2, 0) is 6.54 Å².